The Hall–Kier alpha value is -16.3. The third-order valence-corrected chi connectivity index (χ3v) is 24.9. The highest BCUT2D eigenvalue weighted by Crippen LogP contribution is 2.48. The topological polar surface area (TPSA) is 19.4 Å². The van der Waals surface area contributed by atoms with Gasteiger partial charge in [-0.3, -0.25) is 0 Å². The summed E-state index contributed by atoms with van der Waals surface area (Å²) in [6, 6.07) is 172. The van der Waals surface area contributed by atoms with Crippen molar-refractivity contribution >= 4 is 161 Å². The average molecular weight is 1630 g/mol. The molecule has 0 aliphatic heterocycles. The molecule has 0 saturated heterocycles. The van der Waals surface area contributed by atoms with Gasteiger partial charge in [0.2, 0.25) is 0 Å². The van der Waals surface area contributed by atoms with Crippen LogP contribution in [0.1, 0.15) is 11.1 Å². The molecule has 6 heteroatoms. The Balaban J connectivity index is 0.000000122. The van der Waals surface area contributed by atoms with E-state index < -0.39 is 0 Å². The van der Waals surface area contributed by atoms with Crippen LogP contribution in [0.3, 0.4) is 0 Å². The third-order valence-electron chi connectivity index (χ3n) is 24.9. The fourth-order valence-electron chi connectivity index (χ4n) is 18.2. The number of rotatable bonds is 18. The minimum atomic E-state index is 1.12. The van der Waals surface area contributed by atoms with E-state index >= 15 is 0 Å². The lowest BCUT2D eigenvalue weighted by atomic mass is 9.89. The van der Waals surface area contributed by atoms with Gasteiger partial charge in [-0.2, -0.15) is 0 Å². The molecule has 0 atom stereocenters. The molecule has 0 aromatic heterocycles. The van der Waals surface area contributed by atoms with Crippen molar-refractivity contribution in [2.45, 2.75) is 13.8 Å². The first-order valence-electron chi connectivity index (χ1n) is 43.6. The van der Waals surface area contributed by atoms with Gasteiger partial charge in [-0.05, 0) is 264 Å². The van der Waals surface area contributed by atoms with Crippen molar-refractivity contribution in [1.29, 1.82) is 0 Å². The summed E-state index contributed by atoms with van der Waals surface area (Å²) in [6.45, 7) is 4.24. The van der Waals surface area contributed by atoms with Gasteiger partial charge in [0, 0.05) is 111 Å². The summed E-state index contributed by atoms with van der Waals surface area (Å²) in [4.78, 5) is 13.8. The van der Waals surface area contributed by atoms with Gasteiger partial charge in [0.1, 0.15) is 0 Å². The summed E-state index contributed by atoms with van der Waals surface area (Å²) in [6.07, 6.45) is 0. The maximum atomic E-state index is 2.35. The van der Waals surface area contributed by atoms with Crippen molar-refractivity contribution in [2.24, 2.45) is 0 Å². The monoisotopic (exact) mass is 1630 g/mol. The SMILES string of the molecule is CN(c1ccc(-c2ccc(N(c3ccccc3)c3cccc4ccccc34)cc2)cc1)c1ccc2c3cccc4cccc(c5cccc1c52)c43.Cc1ccc(N(C)c2ccc(-c3ccc(N(c4ccccc4)c4cccc5ccccc45)cc3)cc2)cc1.Cc1cccc(N(C)c2ccc(-c3ccc(N(c4ccccc4)c4cccc5ccccc45)cc3)cc2)c1. The maximum absolute atomic E-state index is 2.35. The summed E-state index contributed by atoms with van der Waals surface area (Å²) < 4.78 is 0. The molecule has 0 radical (unpaired) electrons. The molecule has 0 N–H and O–H groups in total. The normalized spacial score (nSPS) is 11.2. The predicted molar refractivity (Wildman–Crippen MR) is 546 cm³/mol. The molecule has 608 valence electrons. The van der Waals surface area contributed by atoms with E-state index in [9.17, 15) is 0 Å². The Morgan fingerprint density at radius 2 is 0.394 bits per heavy atom. The summed E-state index contributed by atoms with van der Waals surface area (Å²) in [5.41, 5.74) is 27.1. The number of nitrogens with zero attached hydrogens (tertiary/aromatic N) is 6. The van der Waals surface area contributed by atoms with E-state index in [1.54, 1.807) is 0 Å². The number of benzene rings is 22. The molecular formula is C121H94N6. The predicted octanol–water partition coefficient (Wildman–Crippen LogP) is 33.9. The molecule has 0 amide bonds. The van der Waals surface area contributed by atoms with E-state index in [0.29, 0.717) is 0 Å². The van der Waals surface area contributed by atoms with Crippen LogP contribution >= 0.6 is 0 Å². The maximum Gasteiger partial charge on any atom is 0.0540 e. The number of para-hydroxylation sites is 3. The highest BCUT2D eigenvalue weighted by atomic mass is 15.2. The minimum Gasteiger partial charge on any atom is -0.345 e. The molecule has 6 nitrogen and oxygen atoms in total. The highest BCUT2D eigenvalue weighted by molar-refractivity contribution is 6.34. The van der Waals surface area contributed by atoms with Crippen LogP contribution < -0.4 is 29.4 Å². The Morgan fingerprint density at radius 3 is 0.772 bits per heavy atom. The number of hydrogen-bond donors (Lipinski definition) is 0. The number of aryl methyl sites for hydroxylation is 2. The van der Waals surface area contributed by atoms with Crippen LogP contribution in [0.5, 0.6) is 0 Å². The van der Waals surface area contributed by atoms with Crippen LogP contribution in [-0.4, -0.2) is 21.1 Å². The Labute approximate surface area is 743 Å². The van der Waals surface area contributed by atoms with E-state index in [4.69, 9.17) is 0 Å². The molecule has 127 heavy (non-hydrogen) atoms. The van der Waals surface area contributed by atoms with Crippen molar-refractivity contribution in [3.63, 3.8) is 0 Å². The number of fused-ring (bicyclic) bond motifs is 5. The molecule has 22 aromatic carbocycles. The standard InChI is InChI=1S/C49H34N2.2C36H30N2/c1-50(46-32-31-44-42-19-8-14-36-13-7-18-41(48(36)42)43-20-10-21-45(46)49(43)44)37-27-23-33(24-28-37)34-25-29-39(30-26-34)51(38-15-3-2-4-16-38)47-22-9-12-35-11-5-6-17-40(35)47;1-27-10-8-15-34(26-27)37(2)31-22-18-28(19-23-31)29-20-24-33(25-21-29)38(32-13-4-3-5-14-32)36-17-9-12-30-11-6-7-16-35(30)36;1-27-15-21-31(22-16-27)37(2)32-23-17-28(18-24-32)29-19-25-34(26-20-29)38(33-11-4-3-5-12-33)36-14-8-10-30-9-6-7-13-35(30)36/h2-32H,1H3;2*3-26H,1-2H3. The lowest BCUT2D eigenvalue weighted by Crippen LogP contribution is -2.10. The van der Waals surface area contributed by atoms with E-state index in [0.717, 1.165) is 39.8 Å². The lowest BCUT2D eigenvalue weighted by molar-refractivity contribution is 1.20. The van der Waals surface area contributed by atoms with Gasteiger partial charge in [0.05, 0.1) is 17.1 Å². The van der Waals surface area contributed by atoms with Crippen LogP contribution in [-0.2, 0) is 0 Å². The fraction of sp³-hybridized carbons (Fsp3) is 0.0413. The van der Waals surface area contributed by atoms with Gasteiger partial charge in [-0.15, -0.1) is 0 Å². The van der Waals surface area contributed by atoms with E-state index in [-0.39, 0.29) is 0 Å². The zero-order chi connectivity index (χ0) is 85.7. The molecule has 0 aliphatic rings. The fourth-order valence-corrected chi connectivity index (χ4v) is 18.2. The zero-order valence-corrected chi connectivity index (χ0v) is 71.8. The molecule has 0 saturated carbocycles. The van der Waals surface area contributed by atoms with Crippen molar-refractivity contribution in [3.8, 4) is 33.4 Å². The second-order valence-corrected chi connectivity index (χ2v) is 32.7. The molecule has 0 heterocycles. The van der Waals surface area contributed by atoms with Crippen LogP contribution in [0.2, 0.25) is 0 Å². The molecule has 0 spiro atoms. The first kappa shape index (κ1) is 79.2. The van der Waals surface area contributed by atoms with Crippen LogP contribution in [0.4, 0.5) is 85.3 Å². The Morgan fingerprint density at radius 1 is 0.142 bits per heavy atom. The third kappa shape index (κ3) is 16.0. The van der Waals surface area contributed by atoms with E-state index in [1.807, 2.05) is 0 Å². The molecule has 0 bridgehead atoms. The van der Waals surface area contributed by atoms with Crippen molar-refractivity contribution in [1.82, 2.24) is 0 Å². The van der Waals surface area contributed by atoms with Crippen molar-refractivity contribution in [2.75, 3.05) is 50.5 Å². The van der Waals surface area contributed by atoms with Crippen LogP contribution in [0, 0.1) is 13.8 Å². The quantitative estimate of drug-likeness (QED) is 0.0625. The summed E-state index contributed by atoms with van der Waals surface area (Å²) in [5.74, 6) is 0. The summed E-state index contributed by atoms with van der Waals surface area (Å²) in [5, 5.41) is 17.9. The van der Waals surface area contributed by atoms with Crippen molar-refractivity contribution in [3.05, 3.63) is 490 Å². The van der Waals surface area contributed by atoms with E-state index in [1.165, 1.54) is 165 Å². The van der Waals surface area contributed by atoms with Gasteiger partial charge in [0.15, 0.2) is 0 Å². The van der Waals surface area contributed by atoms with Gasteiger partial charge in [-0.25, -0.2) is 0 Å². The lowest BCUT2D eigenvalue weighted by Gasteiger charge is -2.27. The molecule has 0 aliphatic carbocycles. The Bertz CT molecular complexity index is 7530. The smallest absolute Gasteiger partial charge is 0.0540 e. The Kier molecular flexibility index (Phi) is 22.0. The molecule has 22 rings (SSSR count). The van der Waals surface area contributed by atoms with Crippen LogP contribution in [0.25, 0.3) is 109 Å². The number of hydrogen-bond acceptors (Lipinski definition) is 6. The minimum absolute atomic E-state index is 1.12. The summed E-state index contributed by atoms with van der Waals surface area (Å²) in [7, 11) is 6.40. The van der Waals surface area contributed by atoms with Gasteiger partial charge in [-0.1, -0.05) is 327 Å². The molecule has 0 fully saturated rings. The average Bonchev–Trinajstić information content (AvgIpc) is 0.715. The van der Waals surface area contributed by atoms with E-state index in [2.05, 4.69) is 544 Å². The van der Waals surface area contributed by atoms with Gasteiger partial charge < -0.3 is 29.4 Å². The number of anilines is 15. The zero-order valence-electron chi connectivity index (χ0n) is 71.8. The van der Waals surface area contributed by atoms with Crippen molar-refractivity contribution < 1.29 is 0 Å². The van der Waals surface area contributed by atoms with Crippen LogP contribution in [0.15, 0.2) is 479 Å². The molecular weight excluding hydrogens is 1540 g/mol. The molecule has 0 unspecified atom stereocenters. The highest BCUT2D eigenvalue weighted by Gasteiger charge is 2.22. The first-order valence-corrected chi connectivity index (χ1v) is 43.6. The first-order chi connectivity index (χ1) is 62.6. The van der Waals surface area contributed by atoms with Gasteiger partial charge >= 0.3 is 0 Å². The summed E-state index contributed by atoms with van der Waals surface area (Å²) >= 11 is 0. The van der Waals surface area contributed by atoms with Gasteiger partial charge in [0.25, 0.3) is 0 Å². The second-order valence-electron chi connectivity index (χ2n) is 32.7. The largest absolute Gasteiger partial charge is 0.345 e. The molecule has 22 aromatic rings. The second kappa shape index (κ2) is 35.3.